The second-order valence-corrected chi connectivity index (χ2v) is 6.71. The van der Waals surface area contributed by atoms with E-state index in [1.165, 1.54) is 18.2 Å². The van der Waals surface area contributed by atoms with Gasteiger partial charge in [0.05, 0.1) is 12.1 Å². The smallest absolute Gasteiger partial charge is 0.379 e. The van der Waals surface area contributed by atoms with Crippen LogP contribution in [0.5, 0.6) is 0 Å². The van der Waals surface area contributed by atoms with Crippen molar-refractivity contribution in [1.29, 1.82) is 0 Å². The molecule has 1 fully saturated rings. The highest BCUT2D eigenvalue weighted by atomic mass is 19.4. The summed E-state index contributed by atoms with van der Waals surface area (Å²) >= 11 is 0. The van der Waals surface area contributed by atoms with Gasteiger partial charge in [-0.05, 0) is 18.1 Å². The quantitative estimate of drug-likeness (QED) is 0.791. The number of nitrogens with zero attached hydrogens (tertiary/aromatic N) is 1. The van der Waals surface area contributed by atoms with Crippen molar-refractivity contribution in [3.05, 3.63) is 35.6 Å². The molecule has 2 N–H and O–H groups in total. The minimum Gasteiger partial charge on any atom is -0.379 e. The summed E-state index contributed by atoms with van der Waals surface area (Å²) in [5.74, 6) is -2.80. The number of amides is 2. The maximum atomic E-state index is 13.7. The molecule has 1 aliphatic rings. The normalized spacial score (nSPS) is 21.8. The van der Waals surface area contributed by atoms with Crippen molar-refractivity contribution in [3.63, 3.8) is 0 Å². The van der Waals surface area contributed by atoms with Crippen LogP contribution in [0.4, 0.5) is 17.6 Å². The Hall–Kier alpha value is -2.16. The topological polar surface area (TPSA) is 69.6 Å². The number of β-amino-alcohol motifs (C(OH)–C–C–N with tert-alkyl or cyclic N) is 1. The molecule has 1 heterocycles. The van der Waals surface area contributed by atoms with Gasteiger partial charge in [-0.3, -0.25) is 9.59 Å². The fourth-order valence-corrected chi connectivity index (χ4v) is 2.79. The Bertz CT molecular complexity index is 693. The monoisotopic (exact) mass is 376 g/mol. The number of hydrogen-bond donors (Lipinski definition) is 2. The summed E-state index contributed by atoms with van der Waals surface area (Å²) in [6, 6.07) is 4.04. The number of rotatable bonds is 4. The summed E-state index contributed by atoms with van der Waals surface area (Å²) in [4.78, 5) is 25.7. The van der Waals surface area contributed by atoms with Crippen LogP contribution in [0.1, 0.15) is 30.6 Å². The molecule has 0 aromatic heterocycles. The van der Waals surface area contributed by atoms with Gasteiger partial charge in [0.25, 0.3) is 5.91 Å². The van der Waals surface area contributed by atoms with Crippen LogP contribution in [0.3, 0.4) is 0 Å². The Labute approximate surface area is 148 Å². The van der Waals surface area contributed by atoms with Crippen molar-refractivity contribution in [1.82, 2.24) is 10.2 Å². The standard InChI is InChI=1S/C17H20F4N2O3/c1-10(2)13(22-14(24)11-5-3-4-6-12(11)18)15(25)23-8-7-16(26,9-23)17(19,20)21/h3-6,10,13,26H,7-9H2,1-2H3,(H,22,24). The van der Waals surface area contributed by atoms with E-state index in [1.54, 1.807) is 13.8 Å². The van der Waals surface area contributed by atoms with E-state index in [0.29, 0.717) is 0 Å². The molecule has 0 saturated carbocycles. The largest absolute Gasteiger partial charge is 0.419 e. The van der Waals surface area contributed by atoms with E-state index in [2.05, 4.69) is 5.32 Å². The first-order chi connectivity index (χ1) is 12.0. The summed E-state index contributed by atoms with van der Waals surface area (Å²) in [6.45, 7) is 2.04. The molecule has 1 aromatic rings. The minimum atomic E-state index is -4.86. The number of halogens is 4. The van der Waals surface area contributed by atoms with Gasteiger partial charge in [-0.25, -0.2) is 4.39 Å². The van der Waals surface area contributed by atoms with Crippen LogP contribution in [-0.2, 0) is 4.79 Å². The molecule has 0 bridgehead atoms. The van der Waals surface area contributed by atoms with E-state index < -0.39 is 54.3 Å². The molecule has 2 rings (SSSR count). The third-order valence-corrected chi connectivity index (χ3v) is 4.42. The van der Waals surface area contributed by atoms with Gasteiger partial charge in [0.2, 0.25) is 5.91 Å². The average Bonchev–Trinajstić information content (AvgIpc) is 2.95. The Balaban J connectivity index is 2.14. The number of aliphatic hydroxyl groups is 1. The highest BCUT2D eigenvalue weighted by Gasteiger charge is 2.58. The van der Waals surface area contributed by atoms with Crippen molar-refractivity contribution >= 4 is 11.8 Å². The number of carbonyl (C=O) groups is 2. The molecule has 1 aliphatic heterocycles. The maximum absolute atomic E-state index is 13.7. The van der Waals surface area contributed by atoms with Crippen LogP contribution in [0, 0.1) is 11.7 Å². The summed E-state index contributed by atoms with van der Waals surface area (Å²) in [5, 5.41) is 12.1. The number of hydrogen-bond acceptors (Lipinski definition) is 3. The van der Waals surface area contributed by atoms with E-state index in [1.807, 2.05) is 0 Å². The molecule has 26 heavy (non-hydrogen) atoms. The number of benzene rings is 1. The van der Waals surface area contributed by atoms with E-state index in [0.717, 1.165) is 11.0 Å². The van der Waals surface area contributed by atoms with Gasteiger partial charge in [0.1, 0.15) is 11.9 Å². The average molecular weight is 376 g/mol. The first-order valence-electron chi connectivity index (χ1n) is 8.09. The van der Waals surface area contributed by atoms with E-state index in [9.17, 15) is 32.3 Å². The molecule has 0 spiro atoms. The van der Waals surface area contributed by atoms with Gasteiger partial charge in [0.15, 0.2) is 5.60 Å². The minimum absolute atomic E-state index is 0.265. The van der Waals surface area contributed by atoms with Gasteiger partial charge in [0, 0.05) is 13.0 Å². The van der Waals surface area contributed by atoms with Crippen LogP contribution in [0.2, 0.25) is 0 Å². The predicted molar refractivity (Wildman–Crippen MR) is 84.7 cm³/mol. The summed E-state index contributed by atoms with van der Waals surface area (Å²) < 4.78 is 52.5. The van der Waals surface area contributed by atoms with Crippen LogP contribution in [-0.4, -0.2) is 52.7 Å². The Kier molecular flexibility index (Phi) is 5.60. The van der Waals surface area contributed by atoms with E-state index in [4.69, 9.17) is 0 Å². The number of nitrogens with one attached hydrogen (secondary N) is 1. The fraction of sp³-hybridized carbons (Fsp3) is 0.529. The van der Waals surface area contributed by atoms with Crippen LogP contribution in [0.25, 0.3) is 0 Å². The number of alkyl halides is 3. The maximum Gasteiger partial charge on any atom is 0.419 e. The number of carbonyl (C=O) groups excluding carboxylic acids is 2. The number of likely N-dealkylation sites (tertiary alicyclic amines) is 1. The molecular formula is C17H20F4N2O3. The molecule has 5 nitrogen and oxygen atoms in total. The summed E-state index contributed by atoms with van der Waals surface area (Å²) in [6.07, 6.45) is -5.49. The lowest BCUT2D eigenvalue weighted by molar-refractivity contribution is -0.253. The van der Waals surface area contributed by atoms with E-state index in [-0.39, 0.29) is 12.1 Å². The SMILES string of the molecule is CC(C)C(NC(=O)c1ccccc1F)C(=O)N1CCC(O)(C(F)(F)F)C1. The fourth-order valence-electron chi connectivity index (χ4n) is 2.79. The van der Waals surface area contributed by atoms with E-state index >= 15 is 0 Å². The van der Waals surface area contributed by atoms with Crippen molar-refractivity contribution in [2.75, 3.05) is 13.1 Å². The lowest BCUT2D eigenvalue weighted by Crippen LogP contribution is -2.53. The van der Waals surface area contributed by atoms with Crippen molar-refractivity contribution in [2.45, 2.75) is 38.1 Å². The molecule has 1 aromatic carbocycles. The predicted octanol–water partition coefficient (Wildman–Crippen LogP) is 2.11. The van der Waals surface area contributed by atoms with Gasteiger partial charge in [-0.2, -0.15) is 13.2 Å². The molecule has 2 atom stereocenters. The summed E-state index contributed by atoms with van der Waals surface area (Å²) in [5.41, 5.74) is -3.22. The zero-order valence-corrected chi connectivity index (χ0v) is 14.3. The molecule has 2 unspecified atom stereocenters. The third-order valence-electron chi connectivity index (χ3n) is 4.42. The first-order valence-corrected chi connectivity index (χ1v) is 8.09. The van der Waals surface area contributed by atoms with Crippen LogP contribution >= 0.6 is 0 Å². The van der Waals surface area contributed by atoms with Crippen LogP contribution < -0.4 is 5.32 Å². The van der Waals surface area contributed by atoms with Crippen molar-refractivity contribution in [2.24, 2.45) is 5.92 Å². The zero-order chi connectivity index (χ0) is 19.7. The lowest BCUT2D eigenvalue weighted by Gasteiger charge is -2.29. The Morgan fingerprint density at radius 3 is 2.38 bits per heavy atom. The van der Waals surface area contributed by atoms with Crippen molar-refractivity contribution in [3.8, 4) is 0 Å². The summed E-state index contributed by atoms with van der Waals surface area (Å²) in [7, 11) is 0. The molecule has 144 valence electrons. The van der Waals surface area contributed by atoms with Gasteiger partial charge >= 0.3 is 6.18 Å². The van der Waals surface area contributed by atoms with Gasteiger partial charge < -0.3 is 15.3 Å². The second kappa shape index (κ2) is 7.22. The zero-order valence-electron chi connectivity index (χ0n) is 14.3. The lowest BCUT2D eigenvalue weighted by atomic mass is 10.0. The molecular weight excluding hydrogens is 356 g/mol. The third kappa shape index (κ3) is 3.98. The molecule has 0 aliphatic carbocycles. The Morgan fingerprint density at radius 1 is 1.27 bits per heavy atom. The molecule has 2 amide bonds. The van der Waals surface area contributed by atoms with Crippen molar-refractivity contribution < 1.29 is 32.3 Å². The van der Waals surface area contributed by atoms with Gasteiger partial charge in [-0.15, -0.1) is 0 Å². The highest BCUT2D eigenvalue weighted by molar-refractivity contribution is 5.97. The second-order valence-electron chi connectivity index (χ2n) is 6.71. The van der Waals surface area contributed by atoms with Gasteiger partial charge in [-0.1, -0.05) is 26.0 Å². The van der Waals surface area contributed by atoms with Crippen LogP contribution in [0.15, 0.2) is 24.3 Å². The Morgan fingerprint density at radius 2 is 1.88 bits per heavy atom. The first kappa shape index (κ1) is 20.2. The molecule has 0 radical (unpaired) electrons. The molecule has 1 saturated heterocycles. The highest BCUT2D eigenvalue weighted by Crippen LogP contribution is 2.37. The molecule has 9 heteroatoms.